The molecule has 0 radical (unpaired) electrons. The first-order chi connectivity index (χ1) is 17.4. The maximum Gasteiger partial charge on any atom is 0.335 e. The van der Waals surface area contributed by atoms with Crippen molar-refractivity contribution in [2.24, 2.45) is 0 Å². The number of anilines is 1. The Hall–Kier alpha value is -4.43. The Morgan fingerprint density at radius 3 is 2.47 bits per heavy atom. The van der Waals surface area contributed by atoms with Crippen LogP contribution in [0, 0.1) is 0 Å². The monoisotopic (exact) mass is 485 g/mol. The second-order valence-corrected chi connectivity index (χ2v) is 8.24. The number of methoxy groups -OCH3 is 1. The fourth-order valence-electron chi connectivity index (χ4n) is 3.66. The van der Waals surface area contributed by atoms with Crippen LogP contribution in [0.1, 0.15) is 28.4 Å². The van der Waals surface area contributed by atoms with Crippen molar-refractivity contribution in [3.05, 3.63) is 102 Å². The van der Waals surface area contributed by atoms with E-state index in [2.05, 4.69) is 5.32 Å². The number of aromatic carboxylic acids is 1. The summed E-state index contributed by atoms with van der Waals surface area (Å²) in [7, 11) is 1.62. The third-order valence-electron chi connectivity index (χ3n) is 5.63. The van der Waals surface area contributed by atoms with Gasteiger partial charge in [-0.2, -0.15) is 5.10 Å². The van der Waals surface area contributed by atoms with Crippen LogP contribution in [0.5, 0.6) is 5.75 Å². The molecule has 1 atom stereocenters. The van der Waals surface area contributed by atoms with E-state index in [9.17, 15) is 9.59 Å². The lowest BCUT2D eigenvalue weighted by Gasteiger charge is -2.14. The Morgan fingerprint density at radius 2 is 1.78 bits per heavy atom. The second kappa shape index (κ2) is 11.3. The van der Waals surface area contributed by atoms with E-state index in [-0.39, 0.29) is 18.1 Å². The number of rotatable bonds is 10. The molecule has 1 amide bonds. The number of nitrogens with one attached hydrogen (secondary N) is 1. The van der Waals surface area contributed by atoms with Crippen LogP contribution >= 0.6 is 0 Å². The molecular weight excluding hydrogens is 458 g/mol. The molecule has 0 aliphatic carbocycles. The number of ether oxygens (including phenoxy) is 2. The Balaban J connectivity index is 1.49. The topological polar surface area (TPSA) is 103 Å². The molecule has 3 aromatic carbocycles. The number of hydrogen-bond donors (Lipinski definition) is 2. The first kappa shape index (κ1) is 24.7. The van der Waals surface area contributed by atoms with E-state index in [4.69, 9.17) is 19.7 Å². The predicted molar refractivity (Wildman–Crippen MR) is 136 cm³/mol. The van der Waals surface area contributed by atoms with E-state index >= 15 is 0 Å². The summed E-state index contributed by atoms with van der Waals surface area (Å²) in [6.07, 6.45) is 1.18. The van der Waals surface area contributed by atoms with E-state index in [0.29, 0.717) is 12.2 Å². The Bertz CT molecular complexity index is 1330. The number of benzene rings is 3. The molecule has 4 rings (SSSR count). The Kier molecular flexibility index (Phi) is 7.77. The van der Waals surface area contributed by atoms with Gasteiger partial charge in [0, 0.05) is 23.0 Å². The summed E-state index contributed by atoms with van der Waals surface area (Å²) >= 11 is 0. The lowest BCUT2D eigenvalue weighted by molar-refractivity contribution is -0.127. The molecule has 0 aliphatic heterocycles. The minimum atomic E-state index is -1.02. The molecule has 2 N–H and O–H groups in total. The van der Waals surface area contributed by atoms with Gasteiger partial charge in [-0.05, 0) is 48.9 Å². The van der Waals surface area contributed by atoms with Crippen molar-refractivity contribution in [3.8, 4) is 17.0 Å². The summed E-state index contributed by atoms with van der Waals surface area (Å²) in [5.74, 6) is -0.638. The van der Waals surface area contributed by atoms with Crippen molar-refractivity contribution < 1.29 is 24.2 Å². The minimum Gasteiger partial charge on any atom is -0.497 e. The predicted octanol–water partition coefficient (Wildman–Crippen LogP) is 4.85. The van der Waals surface area contributed by atoms with Crippen LogP contribution in [0.2, 0.25) is 0 Å². The molecule has 8 heteroatoms. The number of aromatic nitrogens is 2. The van der Waals surface area contributed by atoms with Gasteiger partial charge < -0.3 is 19.9 Å². The van der Waals surface area contributed by atoms with Crippen molar-refractivity contribution >= 4 is 17.6 Å². The van der Waals surface area contributed by atoms with Crippen LogP contribution in [-0.2, 0) is 22.7 Å². The number of amides is 1. The summed E-state index contributed by atoms with van der Waals surface area (Å²) < 4.78 is 13.1. The van der Waals surface area contributed by atoms with Crippen molar-refractivity contribution in [1.29, 1.82) is 0 Å². The number of nitrogens with zero attached hydrogens (tertiary/aromatic N) is 2. The fourth-order valence-corrected chi connectivity index (χ4v) is 3.66. The zero-order valence-corrected chi connectivity index (χ0v) is 20.0. The molecule has 0 saturated heterocycles. The highest BCUT2D eigenvalue weighted by molar-refractivity contribution is 5.94. The molecule has 0 aliphatic rings. The summed E-state index contributed by atoms with van der Waals surface area (Å²) in [4.78, 5) is 23.7. The van der Waals surface area contributed by atoms with Gasteiger partial charge in [0.25, 0.3) is 5.91 Å². The van der Waals surface area contributed by atoms with Crippen molar-refractivity contribution in [2.75, 3.05) is 12.4 Å². The molecule has 184 valence electrons. The lowest BCUT2D eigenvalue weighted by atomic mass is 10.1. The van der Waals surface area contributed by atoms with Gasteiger partial charge in [-0.25, -0.2) is 4.79 Å². The molecule has 0 saturated carbocycles. The van der Waals surface area contributed by atoms with Crippen LogP contribution in [0.3, 0.4) is 0 Å². The SMILES string of the molecule is COc1cccc(-c2nn(Cc3ccccc3)cc2COC(C)C(=O)Nc2ccc(C(=O)O)cc2)c1. The van der Waals surface area contributed by atoms with Crippen LogP contribution in [0.15, 0.2) is 85.1 Å². The smallest absolute Gasteiger partial charge is 0.335 e. The highest BCUT2D eigenvalue weighted by Gasteiger charge is 2.18. The highest BCUT2D eigenvalue weighted by atomic mass is 16.5. The normalized spacial score (nSPS) is 11.6. The number of carbonyl (C=O) groups is 2. The van der Waals surface area contributed by atoms with E-state index in [0.717, 1.165) is 28.1 Å². The number of carboxylic acids is 1. The van der Waals surface area contributed by atoms with E-state index in [1.807, 2.05) is 65.5 Å². The molecule has 8 nitrogen and oxygen atoms in total. The van der Waals surface area contributed by atoms with Gasteiger partial charge in [0.2, 0.25) is 0 Å². The zero-order chi connectivity index (χ0) is 25.5. The van der Waals surface area contributed by atoms with Gasteiger partial charge >= 0.3 is 5.97 Å². The van der Waals surface area contributed by atoms with Gasteiger partial charge in [0.05, 0.1) is 31.5 Å². The van der Waals surface area contributed by atoms with Crippen molar-refractivity contribution in [1.82, 2.24) is 9.78 Å². The largest absolute Gasteiger partial charge is 0.497 e. The standard InChI is InChI=1S/C28H27N3O5/c1-19(27(32)29-24-13-11-21(12-14-24)28(33)34)36-18-23-17-31(16-20-7-4-3-5-8-20)30-26(23)22-9-6-10-25(15-22)35-2/h3-15,17,19H,16,18H2,1-2H3,(H,29,32)(H,33,34). The van der Waals surface area contributed by atoms with E-state index in [1.165, 1.54) is 12.1 Å². The average Bonchev–Trinajstić information content (AvgIpc) is 3.30. The second-order valence-electron chi connectivity index (χ2n) is 8.24. The average molecular weight is 486 g/mol. The Morgan fingerprint density at radius 1 is 1.03 bits per heavy atom. The number of carboxylic acid groups (broad SMARTS) is 1. The third-order valence-corrected chi connectivity index (χ3v) is 5.63. The molecule has 1 unspecified atom stereocenters. The molecule has 0 fully saturated rings. The minimum absolute atomic E-state index is 0.148. The number of carbonyl (C=O) groups excluding carboxylic acids is 1. The first-order valence-electron chi connectivity index (χ1n) is 11.4. The maximum atomic E-state index is 12.6. The Labute approximate surface area is 209 Å². The van der Waals surface area contributed by atoms with Crippen LogP contribution < -0.4 is 10.1 Å². The molecule has 4 aromatic rings. The summed E-state index contributed by atoms with van der Waals surface area (Å²) in [5.41, 5.74) is 4.23. The maximum absolute atomic E-state index is 12.6. The third kappa shape index (κ3) is 6.17. The molecule has 1 aromatic heterocycles. The summed E-state index contributed by atoms with van der Waals surface area (Å²) in [5, 5.41) is 16.6. The quantitative estimate of drug-likeness (QED) is 0.333. The molecular formula is C28H27N3O5. The molecule has 0 spiro atoms. The number of hydrogen-bond acceptors (Lipinski definition) is 5. The fraction of sp³-hybridized carbons (Fsp3) is 0.179. The molecule has 0 bridgehead atoms. The van der Waals surface area contributed by atoms with E-state index in [1.54, 1.807) is 26.2 Å². The lowest BCUT2D eigenvalue weighted by Crippen LogP contribution is -2.27. The van der Waals surface area contributed by atoms with Crippen molar-refractivity contribution in [3.63, 3.8) is 0 Å². The van der Waals surface area contributed by atoms with E-state index < -0.39 is 12.1 Å². The van der Waals surface area contributed by atoms with Gasteiger partial charge in [0.1, 0.15) is 11.9 Å². The zero-order valence-electron chi connectivity index (χ0n) is 20.0. The van der Waals surface area contributed by atoms with Gasteiger partial charge in [-0.1, -0.05) is 42.5 Å². The van der Waals surface area contributed by atoms with Gasteiger partial charge in [-0.3, -0.25) is 9.48 Å². The summed E-state index contributed by atoms with van der Waals surface area (Å²) in [6, 6.07) is 23.6. The first-order valence-corrected chi connectivity index (χ1v) is 11.4. The summed E-state index contributed by atoms with van der Waals surface area (Å²) in [6.45, 7) is 2.44. The van der Waals surface area contributed by atoms with Crippen LogP contribution in [-0.4, -0.2) is 40.0 Å². The highest BCUT2D eigenvalue weighted by Crippen LogP contribution is 2.27. The van der Waals surface area contributed by atoms with Crippen LogP contribution in [0.25, 0.3) is 11.3 Å². The van der Waals surface area contributed by atoms with Crippen LogP contribution in [0.4, 0.5) is 5.69 Å². The van der Waals surface area contributed by atoms with Gasteiger partial charge in [0.15, 0.2) is 0 Å². The van der Waals surface area contributed by atoms with Gasteiger partial charge in [-0.15, -0.1) is 0 Å². The molecule has 36 heavy (non-hydrogen) atoms. The molecule has 1 heterocycles. The van der Waals surface area contributed by atoms with Crippen molar-refractivity contribution in [2.45, 2.75) is 26.2 Å².